The van der Waals surface area contributed by atoms with Crippen LogP contribution in [0.2, 0.25) is 0 Å². The number of hydrogen-bond donors (Lipinski definition) is 4. The van der Waals surface area contributed by atoms with Crippen LogP contribution in [0.1, 0.15) is 51.8 Å². The van der Waals surface area contributed by atoms with Gasteiger partial charge in [0.2, 0.25) is 0 Å². The molecule has 3 aromatic rings. The van der Waals surface area contributed by atoms with Crippen LogP contribution in [0.15, 0.2) is 36.9 Å². The molecule has 0 spiro atoms. The molecule has 2 aromatic heterocycles. The van der Waals surface area contributed by atoms with E-state index in [0.29, 0.717) is 17.0 Å². The highest BCUT2D eigenvalue weighted by molar-refractivity contribution is 5.82. The molecule has 0 radical (unpaired) electrons. The molecule has 0 amide bonds. The zero-order chi connectivity index (χ0) is 24.7. The maximum absolute atomic E-state index is 10.4. The average molecular weight is 484 g/mol. The highest BCUT2D eigenvalue weighted by atomic mass is 16.6. The highest BCUT2D eigenvalue weighted by Crippen LogP contribution is 2.33. The van der Waals surface area contributed by atoms with E-state index in [0.717, 1.165) is 25.0 Å². The number of benzene rings is 1. The SMILES string of the molecule is CC(C)(C)c1ccc(O[C@@H]2CCC[C@H]2Nc2ncnc3c2ncn3[C@@H]2O[C@H](CO)[C@@H](O)[C@H]2O)cc1. The van der Waals surface area contributed by atoms with Gasteiger partial charge in [0.25, 0.3) is 0 Å². The molecule has 0 bridgehead atoms. The standard InChI is InChI=1S/C25H33N5O5/c1-25(2,3)14-7-9-15(10-8-14)34-17-6-4-5-16(17)29-22-19-23(27-12-26-22)30(13-28-19)24-21(33)20(32)18(11-31)35-24/h7-10,12-13,16-18,20-21,24,31-33H,4-6,11H2,1-3H3,(H,26,27,29)/t16-,17-,18-,20-,21-,24-/m1/s1. The first-order valence-corrected chi connectivity index (χ1v) is 12.1. The van der Waals surface area contributed by atoms with Crippen molar-refractivity contribution in [1.82, 2.24) is 19.5 Å². The molecule has 10 nitrogen and oxygen atoms in total. The summed E-state index contributed by atoms with van der Waals surface area (Å²) in [7, 11) is 0. The summed E-state index contributed by atoms with van der Waals surface area (Å²) in [6, 6.07) is 8.34. The number of nitrogens with one attached hydrogen (secondary N) is 1. The number of aromatic nitrogens is 4. The van der Waals surface area contributed by atoms with Crippen LogP contribution in [0, 0.1) is 0 Å². The maximum atomic E-state index is 10.4. The first-order valence-electron chi connectivity index (χ1n) is 12.1. The summed E-state index contributed by atoms with van der Waals surface area (Å²) in [4.78, 5) is 13.2. The second-order valence-electron chi connectivity index (χ2n) is 10.4. The van der Waals surface area contributed by atoms with E-state index < -0.39 is 31.1 Å². The van der Waals surface area contributed by atoms with Gasteiger partial charge >= 0.3 is 0 Å². The molecule has 188 valence electrons. The van der Waals surface area contributed by atoms with Gasteiger partial charge in [0.1, 0.15) is 36.5 Å². The lowest BCUT2D eigenvalue weighted by Crippen LogP contribution is -2.33. The van der Waals surface area contributed by atoms with Gasteiger partial charge in [0.15, 0.2) is 23.2 Å². The third-order valence-electron chi connectivity index (χ3n) is 6.93. The molecule has 35 heavy (non-hydrogen) atoms. The van der Waals surface area contributed by atoms with Crippen molar-refractivity contribution >= 4 is 17.0 Å². The fourth-order valence-corrected chi connectivity index (χ4v) is 4.87. The Morgan fingerprint density at radius 3 is 2.54 bits per heavy atom. The van der Waals surface area contributed by atoms with Gasteiger partial charge in [-0.25, -0.2) is 15.0 Å². The lowest BCUT2D eigenvalue weighted by Gasteiger charge is -2.24. The van der Waals surface area contributed by atoms with Crippen LogP contribution >= 0.6 is 0 Å². The minimum absolute atomic E-state index is 0.0111. The summed E-state index contributed by atoms with van der Waals surface area (Å²) in [5, 5.41) is 33.4. The highest BCUT2D eigenvalue weighted by Gasteiger charge is 2.44. The predicted octanol–water partition coefficient (Wildman–Crippen LogP) is 2.15. The number of rotatable bonds is 6. The molecule has 1 saturated heterocycles. The van der Waals surface area contributed by atoms with Crippen molar-refractivity contribution in [3.8, 4) is 5.75 Å². The van der Waals surface area contributed by atoms with Gasteiger partial charge < -0.3 is 30.1 Å². The van der Waals surface area contributed by atoms with Crippen LogP contribution in [0.25, 0.3) is 11.2 Å². The second-order valence-corrected chi connectivity index (χ2v) is 10.4. The Morgan fingerprint density at radius 1 is 1.09 bits per heavy atom. The summed E-state index contributed by atoms with van der Waals surface area (Å²) in [5.74, 6) is 1.42. The molecule has 1 aromatic carbocycles. The van der Waals surface area contributed by atoms with Crippen molar-refractivity contribution < 1.29 is 24.8 Å². The van der Waals surface area contributed by atoms with Gasteiger partial charge in [0.05, 0.1) is 19.0 Å². The van der Waals surface area contributed by atoms with Crippen molar-refractivity contribution in [2.75, 3.05) is 11.9 Å². The minimum Gasteiger partial charge on any atom is -0.488 e. The van der Waals surface area contributed by atoms with Gasteiger partial charge in [-0.3, -0.25) is 4.57 Å². The number of aliphatic hydroxyl groups excluding tert-OH is 3. The molecule has 1 aliphatic heterocycles. The van der Waals surface area contributed by atoms with Crippen molar-refractivity contribution in [2.45, 2.75) is 82.1 Å². The normalized spacial score (nSPS) is 29.1. The van der Waals surface area contributed by atoms with Gasteiger partial charge in [-0.1, -0.05) is 32.9 Å². The fourth-order valence-electron chi connectivity index (χ4n) is 4.87. The van der Waals surface area contributed by atoms with Crippen LogP contribution in [-0.4, -0.2) is 71.9 Å². The van der Waals surface area contributed by atoms with E-state index in [1.807, 2.05) is 12.1 Å². The maximum Gasteiger partial charge on any atom is 0.167 e. The topological polar surface area (TPSA) is 135 Å². The van der Waals surface area contributed by atoms with Crippen LogP contribution in [0.3, 0.4) is 0 Å². The van der Waals surface area contributed by atoms with E-state index in [2.05, 4.69) is 53.2 Å². The van der Waals surface area contributed by atoms with Gasteiger partial charge in [-0.05, 0) is 42.4 Å². The number of fused-ring (bicyclic) bond motifs is 1. The molecule has 1 saturated carbocycles. The van der Waals surface area contributed by atoms with E-state index in [1.54, 1.807) is 4.57 Å². The number of anilines is 1. The van der Waals surface area contributed by atoms with Crippen molar-refractivity contribution in [3.05, 3.63) is 42.5 Å². The number of hydrogen-bond acceptors (Lipinski definition) is 9. The Morgan fingerprint density at radius 2 is 1.86 bits per heavy atom. The Labute approximate surface area is 204 Å². The van der Waals surface area contributed by atoms with E-state index in [4.69, 9.17) is 9.47 Å². The van der Waals surface area contributed by atoms with E-state index >= 15 is 0 Å². The molecule has 3 heterocycles. The number of imidazole rings is 1. The Kier molecular flexibility index (Phi) is 6.39. The first kappa shape index (κ1) is 23.9. The average Bonchev–Trinajstić information content (AvgIpc) is 3.53. The molecule has 10 heteroatoms. The Hall–Kier alpha value is -2.79. The predicted molar refractivity (Wildman–Crippen MR) is 129 cm³/mol. The molecular formula is C25H33N5O5. The molecule has 2 aliphatic rings. The van der Waals surface area contributed by atoms with Gasteiger partial charge in [0, 0.05) is 0 Å². The van der Waals surface area contributed by atoms with E-state index in [1.165, 1.54) is 18.2 Å². The summed E-state index contributed by atoms with van der Waals surface area (Å²) in [5.41, 5.74) is 2.35. The zero-order valence-corrected chi connectivity index (χ0v) is 20.2. The van der Waals surface area contributed by atoms with Crippen LogP contribution in [-0.2, 0) is 10.2 Å². The van der Waals surface area contributed by atoms with Crippen molar-refractivity contribution in [3.63, 3.8) is 0 Å². The number of nitrogens with zero attached hydrogens (tertiary/aromatic N) is 4. The summed E-state index contributed by atoms with van der Waals surface area (Å²) in [6.45, 7) is 6.17. The van der Waals surface area contributed by atoms with Gasteiger partial charge in [-0.2, -0.15) is 0 Å². The molecule has 1 aliphatic carbocycles. The third-order valence-corrected chi connectivity index (χ3v) is 6.93. The number of aliphatic hydroxyl groups is 3. The largest absolute Gasteiger partial charge is 0.488 e. The van der Waals surface area contributed by atoms with Crippen LogP contribution in [0.5, 0.6) is 5.75 Å². The fraction of sp³-hybridized carbons (Fsp3) is 0.560. The summed E-state index contributed by atoms with van der Waals surface area (Å²) >= 11 is 0. The van der Waals surface area contributed by atoms with Crippen LogP contribution < -0.4 is 10.1 Å². The minimum atomic E-state index is -1.21. The molecule has 4 N–H and O–H groups in total. The Balaban J connectivity index is 1.33. The number of ether oxygens (including phenoxy) is 2. The zero-order valence-electron chi connectivity index (χ0n) is 20.2. The molecule has 2 fully saturated rings. The van der Waals surface area contributed by atoms with E-state index in [-0.39, 0.29) is 17.6 Å². The molecule has 5 rings (SSSR count). The summed E-state index contributed by atoms with van der Waals surface area (Å²) < 4.78 is 13.5. The van der Waals surface area contributed by atoms with Crippen molar-refractivity contribution in [2.24, 2.45) is 0 Å². The van der Waals surface area contributed by atoms with Crippen LogP contribution in [0.4, 0.5) is 5.82 Å². The first-order chi connectivity index (χ1) is 16.8. The summed E-state index contributed by atoms with van der Waals surface area (Å²) in [6.07, 6.45) is 1.63. The Bertz CT molecular complexity index is 1160. The smallest absolute Gasteiger partial charge is 0.167 e. The molecule has 6 atom stereocenters. The quantitative estimate of drug-likeness (QED) is 0.416. The van der Waals surface area contributed by atoms with Gasteiger partial charge in [-0.15, -0.1) is 0 Å². The van der Waals surface area contributed by atoms with E-state index in [9.17, 15) is 15.3 Å². The molecular weight excluding hydrogens is 450 g/mol. The third kappa shape index (κ3) is 4.58. The second kappa shape index (κ2) is 9.34. The van der Waals surface area contributed by atoms with Crippen molar-refractivity contribution in [1.29, 1.82) is 0 Å². The monoisotopic (exact) mass is 483 g/mol. The lowest BCUT2D eigenvalue weighted by molar-refractivity contribution is -0.0511. The lowest BCUT2D eigenvalue weighted by atomic mass is 9.87. The molecule has 0 unspecified atom stereocenters.